The third-order valence-electron chi connectivity index (χ3n) is 3.11. The van der Waals surface area contributed by atoms with E-state index in [0.717, 1.165) is 10.9 Å². The van der Waals surface area contributed by atoms with E-state index in [1.165, 1.54) is 12.5 Å². The lowest BCUT2D eigenvalue weighted by atomic mass is 9.96. The van der Waals surface area contributed by atoms with Crippen molar-refractivity contribution in [3.63, 3.8) is 0 Å². The molecule has 0 saturated carbocycles. The molecular formula is C15H18ClNO2. The molecule has 0 fully saturated rings. The van der Waals surface area contributed by atoms with Crippen molar-refractivity contribution in [3.8, 4) is 0 Å². The molecule has 0 aromatic heterocycles. The number of esters is 1. The van der Waals surface area contributed by atoms with Crippen LogP contribution in [-0.4, -0.2) is 13.1 Å². The Morgan fingerprint density at radius 1 is 1.21 bits per heavy atom. The highest BCUT2D eigenvalue weighted by Crippen LogP contribution is 2.25. The van der Waals surface area contributed by atoms with E-state index in [9.17, 15) is 4.79 Å². The predicted molar refractivity (Wildman–Crippen MR) is 79.4 cm³/mol. The number of halogens is 1. The minimum Gasteiger partial charge on any atom is -0.469 e. The fourth-order valence-electron chi connectivity index (χ4n) is 2.10. The van der Waals surface area contributed by atoms with Crippen molar-refractivity contribution in [2.75, 3.05) is 7.11 Å². The van der Waals surface area contributed by atoms with Gasteiger partial charge in [0.15, 0.2) is 0 Å². The van der Waals surface area contributed by atoms with Gasteiger partial charge in [-0.2, -0.15) is 0 Å². The summed E-state index contributed by atoms with van der Waals surface area (Å²) in [5.74, 6) is -0.217. The Morgan fingerprint density at radius 3 is 2.63 bits per heavy atom. The maximum atomic E-state index is 11.1. The highest BCUT2D eigenvalue weighted by atomic mass is 35.5. The first-order valence-electron chi connectivity index (χ1n) is 6.02. The molecule has 4 heteroatoms. The van der Waals surface area contributed by atoms with Crippen LogP contribution in [0.2, 0.25) is 0 Å². The Labute approximate surface area is 119 Å². The van der Waals surface area contributed by atoms with E-state index in [0.29, 0.717) is 12.8 Å². The number of carbonyl (C=O) groups excluding carboxylic acids is 1. The largest absolute Gasteiger partial charge is 0.469 e. The smallest absolute Gasteiger partial charge is 0.305 e. The number of methoxy groups -OCH3 is 1. The minimum absolute atomic E-state index is 0. The summed E-state index contributed by atoms with van der Waals surface area (Å²) in [6.45, 7) is 0. The van der Waals surface area contributed by atoms with Crippen molar-refractivity contribution in [1.82, 2.24) is 0 Å². The monoisotopic (exact) mass is 279 g/mol. The normalized spacial score (nSPS) is 11.7. The van der Waals surface area contributed by atoms with Crippen molar-refractivity contribution in [1.29, 1.82) is 0 Å². The van der Waals surface area contributed by atoms with Crippen molar-refractivity contribution in [3.05, 3.63) is 48.0 Å². The number of hydrogen-bond acceptors (Lipinski definition) is 3. The van der Waals surface area contributed by atoms with Gasteiger partial charge in [0.25, 0.3) is 0 Å². The topological polar surface area (TPSA) is 52.3 Å². The predicted octanol–water partition coefficient (Wildman–Crippen LogP) is 3.21. The van der Waals surface area contributed by atoms with Gasteiger partial charge in [0.05, 0.1) is 7.11 Å². The van der Waals surface area contributed by atoms with Gasteiger partial charge in [0.2, 0.25) is 0 Å². The van der Waals surface area contributed by atoms with Crippen LogP contribution in [0.5, 0.6) is 0 Å². The van der Waals surface area contributed by atoms with Crippen LogP contribution in [-0.2, 0) is 9.53 Å². The van der Waals surface area contributed by atoms with Crippen molar-refractivity contribution < 1.29 is 9.53 Å². The average molecular weight is 280 g/mol. The quantitative estimate of drug-likeness (QED) is 0.875. The Kier molecular flexibility index (Phi) is 5.80. The van der Waals surface area contributed by atoms with Gasteiger partial charge in [-0.3, -0.25) is 4.79 Å². The molecule has 0 aliphatic heterocycles. The Hall–Kier alpha value is -1.58. The van der Waals surface area contributed by atoms with Crippen LogP contribution < -0.4 is 5.73 Å². The fraction of sp³-hybridized carbons (Fsp3) is 0.267. The van der Waals surface area contributed by atoms with Gasteiger partial charge in [-0.05, 0) is 22.8 Å². The molecule has 0 saturated heterocycles. The molecule has 102 valence electrons. The van der Waals surface area contributed by atoms with Gasteiger partial charge in [-0.25, -0.2) is 0 Å². The zero-order chi connectivity index (χ0) is 13.0. The second kappa shape index (κ2) is 7.12. The second-order valence-electron chi connectivity index (χ2n) is 4.29. The van der Waals surface area contributed by atoms with Gasteiger partial charge in [-0.15, -0.1) is 12.4 Å². The van der Waals surface area contributed by atoms with Crippen LogP contribution >= 0.6 is 12.4 Å². The first-order chi connectivity index (χ1) is 8.72. The molecule has 1 atom stereocenters. The van der Waals surface area contributed by atoms with Crippen LogP contribution in [0, 0.1) is 0 Å². The zero-order valence-electron chi connectivity index (χ0n) is 10.8. The summed E-state index contributed by atoms with van der Waals surface area (Å²) >= 11 is 0. The molecule has 0 bridgehead atoms. The summed E-state index contributed by atoms with van der Waals surface area (Å²) in [5, 5.41) is 2.32. The van der Waals surface area contributed by atoms with E-state index in [2.05, 4.69) is 22.9 Å². The van der Waals surface area contributed by atoms with Crippen LogP contribution in [0.3, 0.4) is 0 Å². The van der Waals surface area contributed by atoms with Crippen LogP contribution in [0.4, 0.5) is 0 Å². The van der Waals surface area contributed by atoms with Gasteiger partial charge < -0.3 is 10.5 Å². The number of carbonyl (C=O) groups is 1. The molecule has 19 heavy (non-hydrogen) atoms. The molecular weight excluding hydrogens is 262 g/mol. The molecule has 0 amide bonds. The first kappa shape index (κ1) is 15.5. The fourth-order valence-corrected chi connectivity index (χ4v) is 2.10. The first-order valence-corrected chi connectivity index (χ1v) is 6.02. The lowest BCUT2D eigenvalue weighted by molar-refractivity contribution is -0.140. The lowest BCUT2D eigenvalue weighted by Gasteiger charge is -2.14. The van der Waals surface area contributed by atoms with Crippen LogP contribution in [0.1, 0.15) is 24.4 Å². The molecule has 1 unspecified atom stereocenters. The van der Waals surface area contributed by atoms with Crippen molar-refractivity contribution in [2.45, 2.75) is 18.9 Å². The van der Waals surface area contributed by atoms with E-state index in [4.69, 9.17) is 5.73 Å². The highest BCUT2D eigenvalue weighted by molar-refractivity contribution is 5.86. The SMILES string of the molecule is COC(=O)CCC(N)c1cccc2ccccc12.Cl. The number of fused-ring (bicyclic) bond motifs is 1. The molecule has 2 N–H and O–H groups in total. The van der Waals surface area contributed by atoms with E-state index < -0.39 is 0 Å². The third kappa shape index (κ3) is 3.69. The summed E-state index contributed by atoms with van der Waals surface area (Å²) in [5.41, 5.74) is 7.24. The van der Waals surface area contributed by atoms with Gasteiger partial charge in [0.1, 0.15) is 0 Å². The maximum Gasteiger partial charge on any atom is 0.305 e. The highest BCUT2D eigenvalue weighted by Gasteiger charge is 2.11. The van der Waals surface area contributed by atoms with Gasteiger partial charge >= 0.3 is 5.97 Å². The van der Waals surface area contributed by atoms with E-state index in [1.54, 1.807) is 0 Å². The number of rotatable bonds is 4. The zero-order valence-corrected chi connectivity index (χ0v) is 11.7. The minimum atomic E-state index is -0.217. The van der Waals surface area contributed by atoms with Gasteiger partial charge in [0, 0.05) is 12.5 Å². The molecule has 0 aliphatic carbocycles. The Balaban J connectivity index is 0.00000180. The second-order valence-corrected chi connectivity index (χ2v) is 4.29. The van der Waals surface area contributed by atoms with Crippen molar-refractivity contribution >= 4 is 29.1 Å². The average Bonchev–Trinajstić information content (AvgIpc) is 2.43. The molecule has 2 rings (SSSR count). The van der Waals surface area contributed by atoms with Crippen molar-refractivity contribution in [2.24, 2.45) is 5.73 Å². The van der Waals surface area contributed by atoms with Crippen LogP contribution in [0.15, 0.2) is 42.5 Å². The Bertz CT molecular complexity index is 551. The number of nitrogens with two attached hydrogens (primary N) is 1. The number of ether oxygens (including phenoxy) is 1. The molecule has 0 radical (unpaired) electrons. The van der Waals surface area contributed by atoms with E-state index >= 15 is 0 Å². The summed E-state index contributed by atoms with van der Waals surface area (Å²) in [7, 11) is 1.39. The molecule has 0 spiro atoms. The standard InChI is InChI=1S/C15H17NO2.ClH/c1-18-15(17)10-9-14(16)13-8-4-6-11-5-2-3-7-12(11)13;/h2-8,14H,9-10,16H2,1H3;1H. The van der Waals surface area contributed by atoms with E-state index in [-0.39, 0.29) is 24.4 Å². The molecule has 2 aromatic carbocycles. The maximum absolute atomic E-state index is 11.1. The van der Waals surface area contributed by atoms with Crippen LogP contribution in [0.25, 0.3) is 10.8 Å². The molecule has 2 aromatic rings. The summed E-state index contributed by atoms with van der Waals surface area (Å²) in [6, 6.07) is 14.1. The summed E-state index contributed by atoms with van der Waals surface area (Å²) < 4.78 is 4.63. The Morgan fingerprint density at radius 2 is 1.89 bits per heavy atom. The summed E-state index contributed by atoms with van der Waals surface area (Å²) in [6.07, 6.45) is 0.946. The number of benzene rings is 2. The summed E-state index contributed by atoms with van der Waals surface area (Å²) in [4.78, 5) is 11.1. The lowest BCUT2D eigenvalue weighted by Crippen LogP contribution is -2.13. The number of hydrogen-bond donors (Lipinski definition) is 1. The molecule has 3 nitrogen and oxygen atoms in total. The van der Waals surface area contributed by atoms with Gasteiger partial charge in [-0.1, -0.05) is 42.5 Å². The van der Waals surface area contributed by atoms with E-state index in [1.807, 2.05) is 24.3 Å². The third-order valence-corrected chi connectivity index (χ3v) is 3.11. The molecule has 0 aliphatic rings. The molecule has 0 heterocycles.